The molecule has 7 nitrogen and oxygen atoms in total. The molecule has 1 amide bonds. The van der Waals surface area contributed by atoms with Crippen LogP contribution in [-0.4, -0.2) is 45.8 Å². The Labute approximate surface area is 142 Å². The third-order valence-corrected chi connectivity index (χ3v) is 5.53. The molecule has 0 radical (unpaired) electrons. The number of methoxy groups -OCH3 is 1. The van der Waals surface area contributed by atoms with E-state index >= 15 is 0 Å². The maximum atomic E-state index is 11.8. The third kappa shape index (κ3) is 5.23. The molecule has 132 valence electrons. The smallest absolute Gasteiger partial charge is 0.240 e. The van der Waals surface area contributed by atoms with E-state index in [0.29, 0.717) is 24.5 Å². The summed E-state index contributed by atoms with van der Waals surface area (Å²) in [6.45, 7) is 2.39. The molecule has 1 fully saturated rings. The van der Waals surface area contributed by atoms with Crippen molar-refractivity contribution in [1.82, 2.24) is 5.43 Å². The fourth-order valence-electron chi connectivity index (χ4n) is 2.56. The van der Waals surface area contributed by atoms with Crippen molar-refractivity contribution in [3.63, 3.8) is 0 Å². The number of amides is 1. The number of sulfone groups is 1. The molecule has 1 aliphatic heterocycles. The van der Waals surface area contributed by atoms with E-state index in [2.05, 4.69) is 10.5 Å². The highest BCUT2D eigenvalue weighted by molar-refractivity contribution is 7.91. The monoisotopic (exact) mass is 354 g/mol. The van der Waals surface area contributed by atoms with E-state index in [1.165, 1.54) is 6.21 Å². The number of hydrazone groups is 1. The summed E-state index contributed by atoms with van der Waals surface area (Å²) >= 11 is 0. The lowest BCUT2D eigenvalue weighted by Crippen LogP contribution is -2.21. The molecular weight excluding hydrogens is 332 g/mol. The minimum absolute atomic E-state index is 0.0837. The second-order valence-electron chi connectivity index (χ2n) is 5.61. The van der Waals surface area contributed by atoms with Crippen LogP contribution in [0.25, 0.3) is 0 Å². The van der Waals surface area contributed by atoms with Crippen LogP contribution >= 0.6 is 0 Å². The van der Waals surface area contributed by atoms with Gasteiger partial charge in [-0.05, 0) is 43.0 Å². The first kappa shape index (κ1) is 18.3. The van der Waals surface area contributed by atoms with Gasteiger partial charge in [0.1, 0.15) is 0 Å². The molecule has 24 heavy (non-hydrogen) atoms. The number of benzene rings is 1. The van der Waals surface area contributed by atoms with Crippen molar-refractivity contribution in [3.8, 4) is 11.5 Å². The number of ether oxygens (including phenoxy) is 2. The summed E-state index contributed by atoms with van der Waals surface area (Å²) in [6, 6.07) is 5.32. The van der Waals surface area contributed by atoms with Crippen LogP contribution in [0, 0.1) is 5.92 Å². The van der Waals surface area contributed by atoms with Gasteiger partial charge in [0.2, 0.25) is 5.91 Å². The second-order valence-corrected chi connectivity index (χ2v) is 7.84. The van der Waals surface area contributed by atoms with Crippen molar-refractivity contribution in [2.75, 3.05) is 25.2 Å². The lowest BCUT2D eigenvalue weighted by Gasteiger charge is -2.09. The van der Waals surface area contributed by atoms with Crippen LogP contribution in [0.2, 0.25) is 0 Å². The number of carbonyl (C=O) groups is 1. The average molecular weight is 354 g/mol. The van der Waals surface area contributed by atoms with Crippen molar-refractivity contribution in [2.45, 2.75) is 19.8 Å². The topological polar surface area (TPSA) is 94.1 Å². The highest BCUT2D eigenvalue weighted by Crippen LogP contribution is 2.27. The zero-order chi connectivity index (χ0) is 17.6. The van der Waals surface area contributed by atoms with Gasteiger partial charge in [0, 0.05) is 6.42 Å². The van der Waals surface area contributed by atoms with Crippen molar-refractivity contribution in [1.29, 1.82) is 0 Å². The number of hydrogen-bond acceptors (Lipinski definition) is 6. The van der Waals surface area contributed by atoms with Crippen LogP contribution in [0.15, 0.2) is 23.3 Å². The lowest BCUT2D eigenvalue weighted by molar-refractivity contribution is -0.121. The summed E-state index contributed by atoms with van der Waals surface area (Å²) < 4.78 is 33.4. The van der Waals surface area contributed by atoms with Crippen molar-refractivity contribution >= 4 is 22.0 Å². The maximum Gasteiger partial charge on any atom is 0.240 e. The molecule has 2 rings (SSSR count). The number of carbonyl (C=O) groups excluding carboxylic acids is 1. The van der Waals surface area contributed by atoms with Crippen LogP contribution in [0.3, 0.4) is 0 Å². The average Bonchev–Trinajstić information content (AvgIpc) is 2.86. The number of nitrogens with zero attached hydrogens (tertiary/aromatic N) is 1. The van der Waals surface area contributed by atoms with Gasteiger partial charge in [0.05, 0.1) is 31.4 Å². The van der Waals surface area contributed by atoms with Gasteiger partial charge in [-0.15, -0.1) is 0 Å². The Morgan fingerprint density at radius 2 is 2.21 bits per heavy atom. The molecular formula is C16H22N2O5S. The molecule has 0 aromatic heterocycles. The molecule has 1 aromatic rings. The van der Waals surface area contributed by atoms with Crippen LogP contribution in [0.5, 0.6) is 11.5 Å². The predicted molar refractivity (Wildman–Crippen MR) is 91.3 cm³/mol. The molecule has 1 saturated heterocycles. The summed E-state index contributed by atoms with van der Waals surface area (Å²) in [6.07, 6.45) is 2.21. The highest BCUT2D eigenvalue weighted by Gasteiger charge is 2.29. The van der Waals surface area contributed by atoms with Gasteiger partial charge in [-0.2, -0.15) is 5.10 Å². The fourth-order valence-corrected chi connectivity index (χ4v) is 4.42. The lowest BCUT2D eigenvalue weighted by atomic mass is 10.1. The summed E-state index contributed by atoms with van der Waals surface area (Å²) in [5.41, 5.74) is 3.18. The number of nitrogens with one attached hydrogen (secondary N) is 1. The molecule has 0 spiro atoms. The molecule has 1 atom stereocenters. The maximum absolute atomic E-state index is 11.8. The third-order valence-electron chi connectivity index (χ3n) is 3.69. The minimum atomic E-state index is -2.97. The molecule has 0 unspecified atom stereocenters. The van der Waals surface area contributed by atoms with E-state index in [0.717, 1.165) is 5.56 Å². The number of hydrogen-bond donors (Lipinski definition) is 1. The van der Waals surface area contributed by atoms with Gasteiger partial charge in [0.15, 0.2) is 21.3 Å². The zero-order valence-corrected chi connectivity index (χ0v) is 14.6. The Kier molecular flexibility index (Phi) is 6.19. The Bertz CT molecular complexity index is 715. The van der Waals surface area contributed by atoms with Gasteiger partial charge < -0.3 is 9.47 Å². The zero-order valence-electron chi connectivity index (χ0n) is 13.8. The van der Waals surface area contributed by atoms with Gasteiger partial charge in [-0.1, -0.05) is 0 Å². The SMILES string of the molecule is CCOc1cc(/C=N\NC(=O)C[C@H]2CCS(=O)(=O)C2)ccc1OC. The van der Waals surface area contributed by atoms with Gasteiger partial charge in [-0.3, -0.25) is 4.79 Å². The first-order valence-electron chi connectivity index (χ1n) is 7.76. The van der Waals surface area contributed by atoms with Crippen molar-refractivity contribution in [3.05, 3.63) is 23.8 Å². The molecule has 1 heterocycles. The van der Waals surface area contributed by atoms with E-state index < -0.39 is 9.84 Å². The second kappa shape index (κ2) is 8.14. The van der Waals surface area contributed by atoms with E-state index in [9.17, 15) is 13.2 Å². The summed E-state index contributed by atoms with van der Waals surface area (Å²) in [5, 5.41) is 3.91. The quantitative estimate of drug-likeness (QED) is 0.589. The van der Waals surface area contributed by atoms with E-state index in [4.69, 9.17) is 9.47 Å². The first-order valence-corrected chi connectivity index (χ1v) is 9.59. The standard InChI is InChI=1S/C16H22N2O5S/c1-3-23-15-8-12(4-5-14(15)22-2)10-17-18-16(19)9-13-6-7-24(20,21)11-13/h4-5,8,10,13H,3,6-7,9,11H2,1-2H3,(H,18,19)/b17-10-/t13-/m1/s1. The van der Waals surface area contributed by atoms with Crippen LogP contribution in [-0.2, 0) is 14.6 Å². The highest BCUT2D eigenvalue weighted by atomic mass is 32.2. The molecule has 0 aliphatic carbocycles. The van der Waals surface area contributed by atoms with Gasteiger partial charge in [-0.25, -0.2) is 13.8 Å². The largest absolute Gasteiger partial charge is 0.493 e. The number of rotatable bonds is 7. The Hall–Kier alpha value is -2.09. The predicted octanol–water partition coefficient (Wildman–Crippen LogP) is 1.37. The summed E-state index contributed by atoms with van der Waals surface area (Å²) in [7, 11) is -1.40. The Balaban J connectivity index is 1.89. The normalized spacial score (nSPS) is 19.3. The van der Waals surface area contributed by atoms with Crippen LogP contribution in [0.1, 0.15) is 25.3 Å². The minimum Gasteiger partial charge on any atom is -0.493 e. The Morgan fingerprint density at radius 1 is 1.42 bits per heavy atom. The summed E-state index contributed by atoms with van der Waals surface area (Å²) in [5.74, 6) is 1.08. The molecule has 0 saturated carbocycles. The fraction of sp³-hybridized carbons (Fsp3) is 0.500. The molecule has 1 aromatic carbocycles. The van der Waals surface area contributed by atoms with E-state index in [1.54, 1.807) is 25.3 Å². The molecule has 1 N–H and O–H groups in total. The molecule has 0 bridgehead atoms. The summed E-state index contributed by atoms with van der Waals surface area (Å²) in [4.78, 5) is 11.8. The van der Waals surface area contributed by atoms with Crippen LogP contribution in [0.4, 0.5) is 0 Å². The van der Waals surface area contributed by atoms with E-state index in [-0.39, 0.29) is 29.8 Å². The van der Waals surface area contributed by atoms with Crippen molar-refractivity contribution in [2.24, 2.45) is 11.0 Å². The van der Waals surface area contributed by atoms with Crippen molar-refractivity contribution < 1.29 is 22.7 Å². The molecule has 1 aliphatic rings. The molecule has 8 heteroatoms. The van der Waals surface area contributed by atoms with E-state index in [1.807, 2.05) is 6.92 Å². The van der Waals surface area contributed by atoms with Gasteiger partial charge in [0.25, 0.3) is 0 Å². The Morgan fingerprint density at radius 3 is 2.83 bits per heavy atom. The van der Waals surface area contributed by atoms with Crippen LogP contribution < -0.4 is 14.9 Å². The van der Waals surface area contributed by atoms with Gasteiger partial charge >= 0.3 is 0 Å². The first-order chi connectivity index (χ1) is 11.4.